The first-order valence-electron chi connectivity index (χ1n) is 6.48. The number of benzene rings is 1. The Bertz CT molecular complexity index is 557. The SMILES string of the molecule is CC1(C)OB(C(F)=Cc2ccc(C#N)cc2)OC1(C)C. The highest BCUT2D eigenvalue weighted by molar-refractivity contribution is 6.54. The molecule has 0 N–H and O–H groups in total. The van der Waals surface area contributed by atoms with Crippen LogP contribution in [0.25, 0.3) is 6.08 Å². The van der Waals surface area contributed by atoms with Crippen LogP contribution in [0.2, 0.25) is 0 Å². The molecule has 0 saturated carbocycles. The molecular weight excluding hydrogens is 256 g/mol. The fourth-order valence-electron chi connectivity index (χ4n) is 1.84. The maximum atomic E-state index is 14.2. The Labute approximate surface area is 119 Å². The van der Waals surface area contributed by atoms with E-state index in [1.165, 1.54) is 6.08 Å². The molecule has 1 aromatic rings. The Balaban J connectivity index is 2.18. The molecule has 0 spiro atoms. The van der Waals surface area contributed by atoms with Gasteiger partial charge in [-0.1, -0.05) is 12.1 Å². The summed E-state index contributed by atoms with van der Waals surface area (Å²) in [6.45, 7) is 7.51. The van der Waals surface area contributed by atoms with Crippen molar-refractivity contribution in [1.82, 2.24) is 0 Å². The normalized spacial score (nSPS) is 20.8. The van der Waals surface area contributed by atoms with Crippen LogP contribution in [0.1, 0.15) is 38.8 Å². The summed E-state index contributed by atoms with van der Waals surface area (Å²) in [5.74, 6) is 0. The Hall–Kier alpha value is -1.64. The van der Waals surface area contributed by atoms with Gasteiger partial charge >= 0.3 is 7.12 Å². The van der Waals surface area contributed by atoms with E-state index in [9.17, 15) is 4.39 Å². The third kappa shape index (κ3) is 2.77. The summed E-state index contributed by atoms with van der Waals surface area (Å²) in [4.78, 5) is 0. The van der Waals surface area contributed by atoms with Gasteiger partial charge < -0.3 is 9.31 Å². The average Bonchev–Trinajstić information content (AvgIpc) is 2.59. The number of nitriles is 1. The summed E-state index contributed by atoms with van der Waals surface area (Å²) in [5.41, 5.74) is -0.399. The smallest absolute Gasteiger partial charge is 0.398 e. The van der Waals surface area contributed by atoms with Gasteiger partial charge in [-0.2, -0.15) is 5.26 Å². The van der Waals surface area contributed by atoms with Crippen LogP contribution in [0, 0.1) is 11.3 Å². The predicted octanol–water partition coefficient (Wildman–Crippen LogP) is 3.50. The van der Waals surface area contributed by atoms with Crippen molar-refractivity contribution in [2.75, 3.05) is 0 Å². The van der Waals surface area contributed by atoms with E-state index in [0.717, 1.165) is 0 Å². The monoisotopic (exact) mass is 273 g/mol. The van der Waals surface area contributed by atoms with Crippen LogP contribution in [0.5, 0.6) is 0 Å². The second-order valence-corrected chi connectivity index (χ2v) is 5.85. The van der Waals surface area contributed by atoms with Crippen LogP contribution < -0.4 is 0 Å². The number of nitrogens with zero attached hydrogens (tertiary/aromatic N) is 1. The van der Waals surface area contributed by atoms with Crippen molar-refractivity contribution in [3.8, 4) is 6.07 Å². The van der Waals surface area contributed by atoms with Gasteiger partial charge in [0.1, 0.15) is 5.73 Å². The van der Waals surface area contributed by atoms with Crippen molar-refractivity contribution in [2.45, 2.75) is 38.9 Å². The number of hydrogen-bond donors (Lipinski definition) is 0. The molecule has 1 aliphatic heterocycles. The summed E-state index contributed by atoms with van der Waals surface area (Å²) < 4.78 is 25.5. The molecule has 3 nitrogen and oxygen atoms in total. The highest BCUT2D eigenvalue weighted by atomic mass is 19.1. The van der Waals surface area contributed by atoms with E-state index in [0.29, 0.717) is 11.1 Å². The number of hydrogen-bond acceptors (Lipinski definition) is 3. The molecule has 1 aliphatic rings. The lowest BCUT2D eigenvalue weighted by Gasteiger charge is -2.32. The quantitative estimate of drug-likeness (QED) is 0.774. The molecule has 0 amide bonds. The highest BCUT2D eigenvalue weighted by Gasteiger charge is 2.52. The van der Waals surface area contributed by atoms with Crippen molar-refractivity contribution < 1.29 is 13.7 Å². The van der Waals surface area contributed by atoms with Gasteiger partial charge in [0.2, 0.25) is 0 Å². The van der Waals surface area contributed by atoms with Gasteiger partial charge in [-0.25, -0.2) is 4.39 Å². The molecule has 0 radical (unpaired) electrons. The maximum Gasteiger partial charge on any atom is 0.525 e. The minimum absolute atomic E-state index is 0.478. The van der Waals surface area contributed by atoms with Crippen molar-refractivity contribution in [1.29, 1.82) is 5.26 Å². The van der Waals surface area contributed by atoms with Crippen molar-refractivity contribution in [2.24, 2.45) is 0 Å². The molecular formula is C15H17BFNO2. The lowest BCUT2D eigenvalue weighted by atomic mass is 9.87. The first-order chi connectivity index (χ1) is 9.25. The topological polar surface area (TPSA) is 42.2 Å². The third-order valence-corrected chi connectivity index (χ3v) is 3.82. The van der Waals surface area contributed by atoms with Crippen LogP contribution in [-0.2, 0) is 9.31 Å². The second kappa shape index (κ2) is 5.04. The Morgan fingerprint density at radius 2 is 1.65 bits per heavy atom. The van der Waals surface area contributed by atoms with Crippen LogP contribution in [-0.4, -0.2) is 18.3 Å². The van der Waals surface area contributed by atoms with E-state index >= 15 is 0 Å². The molecule has 0 atom stereocenters. The molecule has 1 fully saturated rings. The molecule has 0 aliphatic carbocycles. The van der Waals surface area contributed by atoms with E-state index < -0.39 is 24.0 Å². The zero-order valence-corrected chi connectivity index (χ0v) is 12.1. The minimum atomic E-state index is -0.990. The van der Waals surface area contributed by atoms with Crippen molar-refractivity contribution in [3.05, 3.63) is 41.1 Å². The standard InChI is InChI=1S/C15H17BFNO2/c1-14(2)15(3,4)20-16(19-14)13(17)9-11-5-7-12(10-18)8-6-11/h5-9H,1-4H3. The minimum Gasteiger partial charge on any atom is -0.398 e. The van der Waals surface area contributed by atoms with Crippen molar-refractivity contribution >= 4 is 13.2 Å². The number of rotatable bonds is 2. The Morgan fingerprint density at radius 1 is 1.15 bits per heavy atom. The van der Waals surface area contributed by atoms with Crippen LogP contribution in [0.3, 0.4) is 0 Å². The molecule has 20 heavy (non-hydrogen) atoms. The molecule has 0 bridgehead atoms. The average molecular weight is 273 g/mol. The van der Waals surface area contributed by atoms with Gasteiger partial charge in [0.15, 0.2) is 0 Å². The molecule has 104 valence electrons. The van der Waals surface area contributed by atoms with Crippen LogP contribution in [0.4, 0.5) is 4.39 Å². The molecule has 1 heterocycles. The molecule has 0 aromatic heterocycles. The van der Waals surface area contributed by atoms with Gasteiger partial charge in [-0.15, -0.1) is 0 Å². The fourth-order valence-corrected chi connectivity index (χ4v) is 1.84. The summed E-state index contributed by atoms with van der Waals surface area (Å²) in [6, 6.07) is 8.67. The fraction of sp³-hybridized carbons (Fsp3) is 0.400. The first kappa shape index (κ1) is 14.8. The summed E-state index contributed by atoms with van der Waals surface area (Å²) in [7, 11) is -0.990. The number of halogens is 1. The Morgan fingerprint density at radius 3 is 2.10 bits per heavy atom. The van der Waals surface area contributed by atoms with Crippen LogP contribution >= 0.6 is 0 Å². The summed E-state index contributed by atoms with van der Waals surface area (Å²) in [6.07, 6.45) is 1.36. The van der Waals surface area contributed by atoms with E-state index in [-0.39, 0.29) is 0 Å². The third-order valence-electron chi connectivity index (χ3n) is 3.82. The first-order valence-corrected chi connectivity index (χ1v) is 6.48. The van der Waals surface area contributed by atoms with E-state index in [2.05, 4.69) is 0 Å². The molecule has 1 saturated heterocycles. The zero-order valence-electron chi connectivity index (χ0n) is 12.1. The molecule has 1 aromatic carbocycles. The second-order valence-electron chi connectivity index (χ2n) is 5.85. The largest absolute Gasteiger partial charge is 0.525 e. The summed E-state index contributed by atoms with van der Waals surface area (Å²) in [5, 5.41) is 8.72. The lowest BCUT2D eigenvalue weighted by molar-refractivity contribution is 0.00578. The van der Waals surface area contributed by atoms with Gasteiger partial charge in [-0.3, -0.25) is 0 Å². The molecule has 2 rings (SSSR count). The van der Waals surface area contributed by atoms with Gasteiger partial charge in [0, 0.05) is 0 Å². The summed E-state index contributed by atoms with van der Waals surface area (Å²) >= 11 is 0. The van der Waals surface area contributed by atoms with Gasteiger partial charge in [0.05, 0.1) is 22.8 Å². The Kier molecular flexibility index (Phi) is 3.72. The van der Waals surface area contributed by atoms with E-state index in [1.54, 1.807) is 24.3 Å². The van der Waals surface area contributed by atoms with Gasteiger partial charge in [0.25, 0.3) is 0 Å². The predicted molar refractivity (Wildman–Crippen MR) is 76.3 cm³/mol. The highest BCUT2D eigenvalue weighted by Crippen LogP contribution is 2.39. The van der Waals surface area contributed by atoms with Crippen molar-refractivity contribution in [3.63, 3.8) is 0 Å². The zero-order chi connectivity index (χ0) is 15.0. The van der Waals surface area contributed by atoms with Crippen LogP contribution in [0.15, 0.2) is 30.0 Å². The van der Waals surface area contributed by atoms with Gasteiger partial charge in [-0.05, 0) is 51.5 Å². The van der Waals surface area contributed by atoms with E-state index in [1.807, 2.05) is 33.8 Å². The lowest BCUT2D eigenvalue weighted by Crippen LogP contribution is -2.41. The van der Waals surface area contributed by atoms with E-state index in [4.69, 9.17) is 14.6 Å². The maximum absolute atomic E-state index is 14.2. The molecule has 0 unspecified atom stereocenters. The molecule has 5 heteroatoms.